The highest BCUT2D eigenvalue weighted by atomic mass is 16.5. The maximum atomic E-state index is 12.1. The zero-order chi connectivity index (χ0) is 16.0. The fourth-order valence-electron chi connectivity index (χ4n) is 1.68. The van der Waals surface area contributed by atoms with Crippen molar-refractivity contribution < 1.29 is 19.4 Å². The van der Waals surface area contributed by atoms with Gasteiger partial charge in [0.2, 0.25) is 0 Å². The van der Waals surface area contributed by atoms with Crippen molar-refractivity contribution in [1.29, 1.82) is 0 Å². The second kappa shape index (κ2) is 6.92. The number of hydrogen-bond acceptors (Lipinski definition) is 3. The van der Waals surface area contributed by atoms with Gasteiger partial charge in [-0.25, -0.2) is 0 Å². The maximum absolute atomic E-state index is 12.1. The monoisotopic (exact) mass is 291 g/mol. The van der Waals surface area contributed by atoms with Crippen LogP contribution in [0.15, 0.2) is 36.9 Å². The number of benzene rings is 1. The molecule has 114 valence electrons. The first-order valence-corrected chi connectivity index (χ1v) is 6.69. The number of allylic oxidation sites excluding steroid dienone is 1. The predicted molar refractivity (Wildman–Crippen MR) is 80.3 cm³/mol. The minimum absolute atomic E-state index is 0.481. The van der Waals surface area contributed by atoms with Gasteiger partial charge in [-0.15, -0.1) is 6.58 Å². The number of amides is 1. The summed E-state index contributed by atoms with van der Waals surface area (Å²) in [6.45, 7) is 8.29. The van der Waals surface area contributed by atoms with Crippen LogP contribution in [-0.4, -0.2) is 28.6 Å². The van der Waals surface area contributed by atoms with Crippen LogP contribution in [0.4, 0.5) is 0 Å². The Morgan fingerprint density at radius 3 is 2.62 bits per heavy atom. The van der Waals surface area contributed by atoms with Crippen molar-refractivity contribution in [2.75, 3.05) is 0 Å². The highest BCUT2D eigenvalue weighted by Crippen LogP contribution is 2.24. The standard InChI is InChI=1S/C16H21NO4/c1-5-8-12-9-6-7-10-13(12)21-16(3,4)15(20)17-11(2)14(18)19/h5-7,9-11H,1,8H2,2-4H3,(H,17,20)(H,18,19). The number of para-hydroxylation sites is 1. The number of carboxylic acid groups (broad SMARTS) is 1. The molecular weight excluding hydrogens is 270 g/mol. The molecule has 0 heterocycles. The molecule has 2 N–H and O–H groups in total. The number of ether oxygens (including phenoxy) is 1. The third-order valence-electron chi connectivity index (χ3n) is 2.97. The van der Waals surface area contributed by atoms with Crippen molar-refractivity contribution in [2.24, 2.45) is 0 Å². The molecule has 5 heteroatoms. The molecule has 0 aliphatic carbocycles. The molecule has 21 heavy (non-hydrogen) atoms. The Morgan fingerprint density at radius 1 is 1.43 bits per heavy atom. The topological polar surface area (TPSA) is 75.6 Å². The van der Waals surface area contributed by atoms with Crippen molar-refractivity contribution in [3.8, 4) is 5.75 Å². The molecule has 0 aliphatic rings. The number of aliphatic carboxylic acids is 1. The Kier molecular flexibility index (Phi) is 5.52. The molecule has 1 unspecified atom stereocenters. The molecule has 0 fully saturated rings. The summed E-state index contributed by atoms with van der Waals surface area (Å²) >= 11 is 0. The average molecular weight is 291 g/mol. The Bertz CT molecular complexity index is 537. The molecule has 0 aromatic heterocycles. The van der Waals surface area contributed by atoms with Crippen LogP contribution in [0.25, 0.3) is 0 Å². The third-order valence-corrected chi connectivity index (χ3v) is 2.97. The van der Waals surface area contributed by atoms with E-state index in [4.69, 9.17) is 9.84 Å². The summed E-state index contributed by atoms with van der Waals surface area (Å²) in [5.41, 5.74) is -0.263. The van der Waals surface area contributed by atoms with Crippen LogP contribution >= 0.6 is 0 Å². The lowest BCUT2D eigenvalue weighted by Gasteiger charge is -2.27. The number of carbonyl (C=O) groups is 2. The van der Waals surface area contributed by atoms with Gasteiger partial charge in [0.25, 0.3) is 5.91 Å². The van der Waals surface area contributed by atoms with Crippen LogP contribution in [0.2, 0.25) is 0 Å². The lowest BCUT2D eigenvalue weighted by atomic mass is 10.1. The molecule has 0 saturated heterocycles. The summed E-state index contributed by atoms with van der Waals surface area (Å²) < 4.78 is 5.78. The average Bonchev–Trinajstić information content (AvgIpc) is 2.40. The molecule has 5 nitrogen and oxygen atoms in total. The number of nitrogens with one attached hydrogen (secondary N) is 1. The van der Waals surface area contributed by atoms with Crippen LogP contribution in [0.1, 0.15) is 26.3 Å². The Labute approximate surface area is 124 Å². The summed E-state index contributed by atoms with van der Waals surface area (Å²) in [6, 6.07) is 6.39. The van der Waals surface area contributed by atoms with Gasteiger partial charge in [0, 0.05) is 0 Å². The van der Waals surface area contributed by atoms with Crippen LogP contribution in [0, 0.1) is 0 Å². The number of hydrogen-bond donors (Lipinski definition) is 2. The predicted octanol–water partition coefficient (Wildman–Crippen LogP) is 2.16. The second-order valence-electron chi connectivity index (χ2n) is 5.25. The van der Waals surface area contributed by atoms with Gasteiger partial charge in [-0.1, -0.05) is 24.3 Å². The van der Waals surface area contributed by atoms with E-state index in [-0.39, 0.29) is 0 Å². The molecule has 1 rings (SSSR count). The minimum Gasteiger partial charge on any atom is -0.480 e. The Balaban J connectivity index is 2.87. The van der Waals surface area contributed by atoms with Crippen molar-refractivity contribution in [3.63, 3.8) is 0 Å². The fourth-order valence-corrected chi connectivity index (χ4v) is 1.68. The van der Waals surface area contributed by atoms with E-state index in [1.54, 1.807) is 26.0 Å². The fraction of sp³-hybridized carbons (Fsp3) is 0.375. The van der Waals surface area contributed by atoms with Gasteiger partial charge >= 0.3 is 5.97 Å². The van der Waals surface area contributed by atoms with Gasteiger partial charge in [-0.05, 0) is 38.8 Å². The second-order valence-corrected chi connectivity index (χ2v) is 5.25. The normalized spacial score (nSPS) is 12.3. The highest BCUT2D eigenvalue weighted by Gasteiger charge is 2.32. The first kappa shape index (κ1) is 16.8. The summed E-state index contributed by atoms with van der Waals surface area (Å²) in [5.74, 6) is -0.988. The third kappa shape index (κ3) is 4.63. The molecule has 1 atom stereocenters. The van der Waals surface area contributed by atoms with E-state index < -0.39 is 23.5 Å². The van der Waals surface area contributed by atoms with Crippen molar-refractivity contribution >= 4 is 11.9 Å². The zero-order valence-electron chi connectivity index (χ0n) is 12.6. The number of carbonyl (C=O) groups excluding carboxylic acids is 1. The molecule has 0 bridgehead atoms. The van der Waals surface area contributed by atoms with Crippen LogP contribution in [0.5, 0.6) is 5.75 Å². The summed E-state index contributed by atoms with van der Waals surface area (Å²) in [5, 5.41) is 11.2. The number of rotatable bonds is 7. The summed E-state index contributed by atoms with van der Waals surface area (Å²) in [6.07, 6.45) is 2.38. The molecule has 0 spiro atoms. The van der Waals surface area contributed by atoms with E-state index in [2.05, 4.69) is 11.9 Å². The van der Waals surface area contributed by atoms with Crippen LogP contribution in [-0.2, 0) is 16.0 Å². The number of carboxylic acids is 1. The zero-order valence-corrected chi connectivity index (χ0v) is 12.6. The van der Waals surface area contributed by atoms with Gasteiger partial charge in [0.15, 0.2) is 5.60 Å². The van der Waals surface area contributed by atoms with E-state index in [1.807, 2.05) is 18.2 Å². The van der Waals surface area contributed by atoms with Crippen molar-refractivity contribution in [3.05, 3.63) is 42.5 Å². The quantitative estimate of drug-likeness (QED) is 0.755. The molecular formula is C16H21NO4. The SMILES string of the molecule is C=CCc1ccccc1OC(C)(C)C(=O)NC(C)C(=O)O. The van der Waals surface area contributed by atoms with E-state index in [9.17, 15) is 9.59 Å². The van der Waals surface area contributed by atoms with Crippen molar-refractivity contribution in [2.45, 2.75) is 38.8 Å². The lowest BCUT2D eigenvalue weighted by molar-refractivity contribution is -0.144. The molecule has 1 aromatic carbocycles. The van der Waals surface area contributed by atoms with Gasteiger partial charge in [0.1, 0.15) is 11.8 Å². The van der Waals surface area contributed by atoms with E-state index in [0.29, 0.717) is 12.2 Å². The molecule has 0 saturated carbocycles. The van der Waals surface area contributed by atoms with Gasteiger partial charge in [0.05, 0.1) is 0 Å². The van der Waals surface area contributed by atoms with Gasteiger partial charge < -0.3 is 15.2 Å². The lowest BCUT2D eigenvalue weighted by Crippen LogP contribution is -2.51. The van der Waals surface area contributed by atoms with Gasteiger partial charge in [-0.3, -0.25) is 9.59 Å². The summed E-state index contributed by atoms with van der Waals surface area (Å²) in [7, 11) is 0. The molecule has 0 radical (unpaired) electrons. The van der Waals surface area contributed by atoms with Crippen LogP contribution in [0.3, 0.4) is 0 Å². The van der Waals surface area contributed by atoms with Crippen molar-refractivity contribution in [1.82, 2.24) is 5.32 Å². The molecule has 0 aliphatic heterocycles. The first-order chi connectivity index (χ1) is 9.77. The minimum atomic E-state index is -1.18. The smallest absolute Gasteiger partial charge is 0.325 e. The maximum Gasteiger partial charge on any atom is 0.325 e. The molecule has 1 aromatic rings. The summed E-state index contributed by atoms with van der Waals surface area (Å²) in [4.78, 5) is 22.9. The largest absolute Gasteiger partial charge is 0.480 e. The van der Waals surface area contributed by atoms with Crippen LogP contribution < -0.4 is 10.1 Å². The Hall–Kier alpha value is -2.30. The van der Waals surface area contributed by atoms with Gasteiger partial charge in [-0.2, -0.15) is 0 Å². The molecule has 1 amide bonds. The highest BCUT2D eigenvalue weighted by molar-refractivity contribution is 5.88. The van der Waals surface area contributed by atoms with E-state index in [1.165, 1.54) is 6.92 Å². The Morgan fingerprint density at radius 2 is 2.05 bits per heavy atom. The van der Waals surface area contributed by atoms with E-state index in [0.717, 1.165) is 5.56 Å². The van der Waals surface area contributed by atoms with E-state index >= 15 is 0 Å². The first-order valence-electron chi connectivity index (χ1n) is 6.69.